The first-order valence-electron chi connectivity index (χ1n) is 15.5. The van der Waals surface area contributed by atoms with Crippen molar-refractivity contribution >= 4 is 102 Å². The molecule has 5 rings (SSSR count). The van der Waals surface area contributed by atoms with E-state index >= 15 is 0 Å². The molecule has 1 aromatic heterocycles. The molecule has 0 saturated heterocycles. The Hall–Kier alpha value is -5.21. The van der Waals surface area contributed by atoms with Crippen LogP contribution in [0, 0.1) is 11.5 Å². The first-order valence-corrected chi connectivity index (χ1v) is 22.9. The van der Waals surface area contributed by atoms with E-state index in [4.69, 9.17) is 9.29 Å². The fourth-order valence-electron chi connectivity index (χ4n) is 5.03. The normalized spacial score (nSPS) is 12.4. The second kappa shape index (κ2) is 18.4. The summed E-state index contributed by atoms with van der Waals surface area (Å²) in [5.74, 6) is -3.33. The molecule has 0 spiro atoms. The van der Waals surface area contributed by atoms with Gasteiger partial charge in [0.15, 0.2) is 16.0 Å². The quantitative estimate of drug-likeness (QED) is 0.0210. The number of phenolic OH excluding ortho intramolecular Hbond substituents is 1. The van der Waals surface area contributed by atoms with Gasteiger partial charge in [0.2, 0.25) is 17.8 Å². The van der Waals surface area contributed by atoms with E-state index in [-0.39, 0.29) is 57.2 Å². The number of nitrogens with zero attached hydrogens (tertiary/aromatic N) is 6. The minimum Gasteiger partial charge on any atom is -0.507 e. The van der Waals surface area contributed by atoms with Crippen molar-refractivity contribution < 1.29 is 104 Å². The van der Waals surface area contributed by atoms with Crippen molar-refractivity contribution in [2.45, 2.75) is 19.6 Å². The van der Waals surface area contributed by atoms with Crippen molar-refractivity contribution in [1.29, 1.82) is 5.26 Å². The van der Waals surface area contributed by atoms with E-state index < -0.39 is 118 Å². The van der Waals surface area contributed by atoms with E-state index in [1.807, 2.05) is 0 Å². The molecule has 61 heavy (non-hydrogen) atoms. The Balaban J connectivity index is 0.00000819. The van der Waals surface area contributed by atoms with Crippen LogP contribution in [0.3, 0.4) is 0 Å². The SMILES string of the molecule is COc1ccc(N=Nc2cc(S(=O)(=O)O)cc3cc(S(=O)(=O)O)cc(O)c23)c(S(=O)(=O)O)c1Nc1nc(NC#N)nc(Nc2ccc(S(=O)(=O)CCOS(=O)(=O)O)cc2)n1.[Na+]. The summed E-state index contributed by atoms with van der Waals surface area (Å²) < 4.78 is 168. The Bertz CT molecular complexity index is 3180. The number of hydrogen-bond donors (Lipinski definition) is 8. The number of sulfone groups is 1. The zero-order valence-electron chi connectivity index (χ0n) is 30.5. The number of methoxy groups -OCH3 is 1. The Morgan fingerprint density at radius 1 is 0.705 bits per heavy atom. The summed E-state index contributed by atoms with van der Waals surface area (Å²) in [5, 5.41) is 34.1. The average molecular weight is 955 g/mol. The molecule has 4 aromatic carbocycles. The van der Waals surface area contributed by atoms with Crippen LogP contribution in [-0.4, -0.2) is 99.8 Å². The van der Waals surface area contributed by atoms with E-state index in [1.165, 1.54) is 12.1 Å². The number of aromatic nitrogens is 3. The van der Waals surface area contributed by atoms with E-state index in [0.717, 1.165) is 43.5 Å². The number of ether oxygens (including phenoxy) is 1. The molecule has 0 radical (unpaired) electrons. The minimum atomic E-state index is -5.36. The van der Waals surface area contributed by atoms with Gasteiger partial charge in [0.1, 0.15) is 27.8 Å². The van der Waals surface area contributed by atoms with Crippen molar-refractivity contribution in [1.82, 2.24) is 15.0 Å². The molecule has 1 heterocycles. The van der Waals surface area contributed by atoms with Gasteiger partial charge in [-0.05, 0) is 60.0 Å². The molecule has 0 aliphatic carbocycles. The number of anilines is 5. The predicted octanol–water partition coefficient (Wildman–Crippen LogP) is -0.128. The van der Waals surface area contributed by atoms with Gasteiger partial charge in [-0.2, -0.15) is 53.9 Å². The third-order valence-electron chi connectivity index (χ3n) is 7.49. The number of phenols is 1. The van der Waals surface area contributed by atoms with Gasteiger partial charge < -0.3 is 20.5 Å². The number of nitriles is 1. The summed E-state index contributed by atoms with van der Waals surface area (Å²) in [6.45, 7) is -0.873. The summed E-state index contributed by atoms with van der Waals surface area (Å²) in [6, 6.07) is 9.53. The van der Waals surface area contributed by atoms with Gasteiger partial charge in [0.05, 0.1) is 45.2 Å². The van der Waals surface area contributed by atoms with E-state index in [2.05, 4.69) is 45.3 Å². The van der Waals surface area contributed by atoms with E-state index in [0.29, 0.717) is 12.1 Å². The summed E-state index contributed by atoms with van der Waals surface area (Å²) in [7, 11) is -23.2. The maximum Gasteiger partial charge on any atom is 1.00 e. The van der Waals surface area contributed by atoms with Crippen molar-refractivity contribution in [3.63, 3.8) is 0 Å². The second-order valence-corrected chi connectivity index (χ2v) is 18.9. The smallest absolute Gasteiger partial charge is 0.507 e. The largest absolute Gasteiger partial charge is 1.00 e. The van der Waals surface area contributed by atoms with Crippen molar-refractivity contribution in [3.8, 4) is 17.7 Å². The fraction of sp³-hybridized carbons (Fsp3) is 0.103. The zero-order chi connectivity index (χ0) is 44.4. The Labute approximate surface area is 367 Å². The number of azo groups is 1. The van der Waals surface area contributed by atoms with Crippen molar-refractivity contribution in [3.05, 3.63) is 60.7 Å². The van der Waals surface area contributed by atoms with Crippen LogP contribution in [0.25, 0.3) is 10.8 Å². The van der Waals surface area contributed by atoms with Crippen LogP contribution in [0.1, 0.15) is 0 Å². The summed E-state index contributed by atoms with van der Waals surface area (Å²) in [6.07, 6.45) is 1.57. The molecule has 0 atom stereocenters. The third kappa shape index (κ3) is 12.2. The Morgan fingerprint density at radius 3 is 1.80 bits per heavy atom. The van der Waals surface area contributed by atoms with Gasteiger partial charge >= 0.3 is 40.0 Å². The molecule has 0 aliphatic rings. The molecule has 0 saturated carbocycles. The molecule has 318 valence electrons. The molecule has 0 amide bonds. The molecular formula is C29H25N9NaO17S5+. The first-order chi connectivity index (χ1) is 27.8. The predicted molar refractivity (Wildman–Crippen MR) is 204 cm³/mol. The van der Waals surface area contributed by atoms with Crippen LogP contribution in [-0.2, 0) is 54.8 Å². The van der Waals surface area contributed by atoms with Crippen LogP contribution >= 0.6 is 0 Å². The van der Waals surface area contributed by atoms with Gasteiger partial charge in [0, 0.05) is 11.8 Å². The second-order valence-electron chi connectivity index (χ2n) is 11.5. The van der Waals surface area contributed by atoms with E-state index in [1.54, 1.807) is 6.19 Å². The minimum absolute atomic E-state index is 0. The molecule has 0 unspecified atom stereocenters. The number of benzene rings is 4. The summed E-state index contributed by atoms with van der Waals surface area (Å²) >= 11 is 0. The molecule has 32 heteroatoms. The van der Waals surface area contributed by atoms with Crippen LogP contribution in [0.2, 0.25) is 0 Å². The molecule has 5 aromatic rings. The average Bonchev–Trinajstić information content (AvgIpc) is 3.12. The van der Waals surface area contributed by atoms with Gasteiger partial charge in [-0.25, -0.2) is 12.6 Å². The number of hydrogen-bond acceptors (Lipinski definition) is 22. The number of aromatic hydroxyl groups is 1. The van der Waals surface area contributed by atoms with Gasteiger partial charge in [-0.15, -0.1) is 10.2 Å². The number of nitrogens with one attached hydrogen (secondary N) is 3. The zero-order valence-corrected chi connectivity index (χ0v) is 36.6. The van der Waals surface area contributed by atoms with Gasteiger partial charge in [0.25, 0.3) is 30.4 Å². The number of rotatable bonds is 16. The molecule has 0 fully saturated rings. The Morgan fingerprint density at radius 2 is 1.26 bits per heavy atom. The molecular weight excluding hydrogens is 930 g/mol. The molecule has 0 bridgehead atoms. The van der Waals surface area contributed by atoms with Crippen LogP contribution in [0.15, 0.2) is 90.5 Å². The summed E-state index contributed by atoms with van der Waals surface area (Å²) in [5.41, 5.74) is -1.76. The molecule has 0 aliphatic heterocycles. The van der Waals surface area contributed by atoms with E-state index in [9.17, 15) is 66.1 Å². The number of fused-ring (bicyclic) bond motifs is 1. The van der Waals surface area contributed by atoms with Crippen molar-refractivity contribution in [2.24, 2.45) is 10.2 Å². The van der Waals surface area contributed by atoms with Crippen LogP contribution in [0.4, 0.5) is 40.6 Å². The fourth-order valence-corrected chi connectivity index (χ4v) is 8.37. The topological polar surface area (TPSA) is 414 Å². The standard InChI is InChI=1S/C29H25N9O17S5.Na/c1-54-23-7-6-20(37-38-21-12-18(57(42,43)44)10-15-11-19(58(45,46)47)13-22(39)24(15)21)26(59(48,49)50)25(23)33-29-35-27(31-14-30)34-28(36-29)32-16-2-4-17(5-3-16)56(40,41)9-8-55-60(51,52)53;/h2-7,10-13,39H,8-9H2,1H3,(H,42,43,44)(H,45,46,47)(H,48,49,50)(H,51,52,53)(H3,31,32,33,34,35,36);/q;+1. The summed E-state index contributed by atoms with van der Waals surface area (Å²) in [4.78, 5) is 8.93. The Kier molecular flexibility index (Phi) is 14.6. The first kappa shape index (κ1) is 48.5. The maximum absolute atomic E-state index is 12.9. The van der Waals surface area contributed by atoms with Crippen LogP contribution in [0.5, 0.6) is 11.5 Å². The third-order valence-corrected chi connectivity index (χ3v) is 12.2. The van der Waals surface area contributed by atoms with Gasteiger partial charge in [-0.3, -0.25) is 23.5 Å². The maximum atomic E-state index is 12.9. The monoisotopic (exact) mass is 954 g/mol. The van der Waals surface area contributed by atoms with Crippen molar-refractivity contribution in [2.75, 3.05) is 35.4 Å². The van der Waals surface area contributed by atoms with Gasteiger partial charge in [-0.1, -0.05) is 0 Å². The molecule has 26 nitrogen and oxygen atoms in total. The molecule has 8 N–H and O–H groups in total. The van der Waals surface area contributed by atoms with Crippen LogP contribution < -0.4 is 50.2 Å².